The molecule has 0 radical (unpaired) electrons. The van der Waals surface area contributed by atoms with Crippen LogP contribution in [0.2, 0.25) is 0 Å². The molecule has 0 aliphatic carbocycles. The summed E-state index contributed by atoms with van der Waals surface area (Å²) in [4.78, 5) is 8.39. The molecule has 2 rings (SSSR count). The number of nitrogen functional groups attached to an aromatic ring is 1. The maximum absolute atomic E-state index is 9.03. The van der Waals surface area contributed by atoms with E-state index in [0.29, 0.717) is 23.8 Å². The number of anilines is 2. The maximum atomic E-state index is 9.03. The minimum Gasteiger partial charge on any atom is -0.396 e. The van der Waals surface area contributed by atoms with Gasteiger partial charge in [-0.2, -0.15) is 15.1 Å². The first kappa shape index (κ1) is 12.5. The molecule has 0 atom stereocenters. The Balaban J connectivity index is 2.39. The van der Waals surface area contributed by atoms with Gasteiger partial charge in [0.25, 0.3) is 0 Å². The van der Waals surface area contributed by atoms with Crippen molar-refractivity contribution in [3.8, 4) is 0 Å². The van der Waals surface area contributed by atoms with E-state index in [9.17, 15) is 0 Å². The highest BCUT2D eigenvalue weighted by Crippen LogP contribution is 2.24. The Morgan fingerprint density at radius 3 is 2.89 bits per heavy atom. The number of nitrogens with zero attached hydrogens (tertiary/aromatic N) is 3. The van der Waals surface area contributed by atoms with Gasteiger partial charge in [-0.15, -0.1) is 0 Å². The lowest BCUT2D eigenvalue weighted by Gasteiger charge is -2.26. The van der Waals surface area contributed by atoms with E-state index >= 15 is 0 Å². The van der Waals surface area contributed by atoms with Gasteiger partial charge in [-0.3, -0.25) is 10.5 Å². The van der Waals surface area contributed by atoms with Crippen LogP contribution < -0.4 is 16.6 Å². The molecule has 0 aromatic carbocycles. The summed E-state index contributed by atoms with van der Waals surface area (Å²) in [5.41, 5.74) is 2.71. The van der Waals surface area contributed by atoms with Crippen LogP contribution in [0.1, 0.15) is 20.3 Å². The van der Waals surface area contributed by atoms with Crippen molar-refractivity contribution in [1.82, 2.24) is 20.2 Å². The Kier molecular flexibility index (Phi) is 3.30. The molecule has 0 saturated heterocycles. The van der Waals surface area contributed by atoms with Crippen LogP contribution in [-0.4, -0.2) is 37.4 Å². The molecule has 18 heavy (non-hydrogen) atoms. The second kappa shape index (κ2) is 4.75. The van der Waals surface area contributed by atoms with E-state index in [1.54, 1.807) is 6.20 Å². The third kappa shape index (κ3) is 2.49. The molecule has 98 valence electrons. The van der Waals surface area contributed by atoms with Crippen LogP contribution in [0.3, 0.4) is 0 Å². The Morgan fingerprint density at radius 1 is 1.44 bits per heavy atom. The van der Waals surface area contributed by atoms with Gasteiger partial charge in [0.1, 0.15) is 5.82 Å². The van der Waals surface area contributed by atoms with E-state index in [1.165, 1.54) is 0 Å². The zero-order chi connectivity index (χ0) is 13.2. The van der Waals surface area contributed by atoms with E-state index in [1.807, 2.05) is 13.8 Å². The number of rotatable bonds is 5. The molecular formula is C10H17N7O. The van der Waals surface area contributed by atoms with Crippen LogP contribution in [0.4, 0.5) is 11.8 Å². The first-order valence-corrected chi connectivity index (χ1v) is 5.62. The molecule has 8 heteroatoms. The predicted molar refractivity (Wildman–Crippen MR) is 68.9 cm³/mol. The fourth-order valence-electron chi connectivity index (χ4n) is 1.66. The average molecular weight is 251 g/mol. The molecule has 0 bridgehead atoms. The molecule has 0 aliphatic rings. The second-order valence-corrected chi connectivity index (χ2v) is 4.65. The van der Waals surface area contributed by atoms with E-state index in [0.717, 1.165) is 5.39 Å². The van der Waals surface area contributed by atoms with Crippen LogP contribution in [0.15, 0.2) is 6.20 Å². The van der Waals surface area contributed by atoms with Gasteiger partial charge < -0.3 is 10.4 Å². The summed E-state index contributed by atoms with van der Waals surface area (Å²) in [6.07, 6.45) is 2.24. The van der Waals surface area contributed by atoms with Crippen molar-refractivity contribution < 1.29 is 5.11 Å². The van der Waals surface area contributed by atoms with Crippen molar-refractivity contribution in [1.29, 1.82) is 0 Å². The summed E-state index contributed by atoms with van der Waals surface area (Å²) in [6, 6.07) is 0. The molecule has 2 aromatic rings. The molecule has 0 saturated carbocycles. The number of nitrogens with two attached hydrogens (primary N) is 1. The van der Waals surface area contributed by atoms with Gasteiger partial charge >= 0.3 is 0 Å². The SMILES string of the molecule is CC(C)(CCO)Nc1nc(NN)nc2[nH]ncc12. The van der Waals surface area contributed by atoms with Gasteiger partial charge in [-0.25, -0.2) is 5.84 Å². The lowest BCUT2D eigenvalue weighted by atomic mass is 10.0. The van der Waals surface area contributed by atoms with Crippen molar-refractivity contribution in [2.24, 2.45) is 5.84 Å². The number of hydrazine groups is 1. The van der Waals surface area contributed by atoms with Crippen molar-refractivity contribution in [2.45, 2.75) is 25.8 Å². The molecule has 0 spiro atoms. The largest absolute Gasteiger partial charge is 0.396 e. The minimum atomic E-state index is -0.292. The summed E-state index contributed by atoms with van der Waals surface area (Å²) in [7, 11) is 0. The fraction of sp³-hybridized carbons (Fsp3) is 0.500. The Morgan fingerprint density at radius 2 is 2.22 bits per heavy atom. The molecule has 0 unspecified atom stereocenters. The van der Waals surface area contributed by atoms with E-state index in [-0.39, 0.29) is 12.1 Å². The smallest absolute Gasteiger partial charge is 0.241 e. The Labute approximate surface area is 104 Å². The first-order chi connectivity index (χ1) is 8.55. The van der Waals surface area contributed by atoms with Gasteiger partial charge in [0.05, 0.1) is 11.6 Å². The molecule has 8 nitrogen and oxygen atoms in total. The summed E-state index contributed by atoms with van der Waals surface area (Å²) < 4.78 is 0. The summed E-state index contributed by atoms with van der Waals surface area (Å²) >= 11 is 0. The van der Waals surface area contributed by atoms with Crippen LogP contribution in [0.25, 0.3) is 11.0 Å². The summed E-state index contributed by atoms with van der Waals surface area (Å²) in [6.45, 7) is 4.06. The monoisotopic (exact) mass is 251 g/mol. The van der Waals surface area contributed by atoms with Crippen molar-refractivity contribution in [3.05, 3.63) is 6.20 Å². The topological polar surface area (TPSA) is 125 Å². The zero-order valence-electron chi connectivity index (χ0n) is 10.4. The molecule has 0 fully saturated rings. The third-order valence-corrected chi connectivity index (χ3v) is 2.63. The zero-order valence-corrected chi connectivity index (χ0v) is 10.4. The number of aliphatic hydroxyl groups excluding tert-OH is 1. The van der Waals surface area contributed by atoms with Gasteiger partial charge in [-0.1, -0.05) is 0 Å². The van der Waals surface area contributed by atoms with Crippen LogP contribution in [-0.2, 0) is 0 Å². The highest BCUT2D eigenvalue weighted by molar-refractivity contribution is 5.87. The summed E-state index contributed by atoms with van der Waals surface area (Å²) in [5.74, 6) is 6.25. The van der Waals surface area contributed by atoms with E-state index < -0.39 is 0 Å². The van der Waals surface area contributed by atoms with Gasteiger partial charge in [0.15, 0.2) is 5.65 Å². The Bertz CT molecular complexity index is 536. The standard InChI is InChI=1S/C10H17N7O/c1-10(2,3-4-18)15-7-6-5-12-17-8(6)14-9(13-7)16-11/h5,18H,3-4,11H2,1-2H3,(H3,12,13,14,15,16,17). The highest BCUT2D eigenvalue weighted by atomic mass is 16.3. The van der Waals surface area contributed by atoms with Gasteiger partial charge in [-0.05, 0) is 20.3 Å². The summed E-state index contributed by atoms with van der Waals surface area (Å²) in [5, 5.41) is 19.8. The average Bonchev–Trinajstić information content (AvgIpc) is 2.76. The van der Waals surface area contributed by atoms with Gasteiger partial charge in [0.2, 0.25) is 5.95 Å². The third-order valence-electron chi connectivity index (χ3n) is 2.63. The lowest BCUT2D eigenvalue weighted by Crippen LogP contribution is -2.32. The number of aromatic amines is 1. The number of aromatic nitrogens is 4. The molecule has 6 N–H and O–H groups in total. The Hall–Kier alpha value is -1.93. The number of hydrogen-bond donors (Lipinski definition) is 5. The molecule has 0 amide bonds. The number of fused-ring (bicyclic) bond motifs is 1. The second-order valence-electron chi connectivity index (χ2n) is 4.65. The van der Waals surface area contributed by atoms with E-state index in [4.69, 9.17) is 10.9 Å². The number of nitrogens with one attached hydrogen (secondary N) is 3. The van der Waals surface area contributed by atoms with Crippen LogP contribution >= 0.6 is 0 Å². The van der Waals surface area contributed by atoms with Crippen LogP contribution in [0, 0.1) is 0 Å². The maximum Gasteiger partial charge on any atom is 0.241 e. The van der Waals surface area contributed by atoms with Crippen molar-refractivity contribution >= 4 is 22.8 Å². The normalized spacial score (nSPS) is 11.8. The lowest BCUT2D eigenvalue weighted by molar-refractivity contribution is 0.260. The highest BCUT2D eigenvalue weighted by Gasteiger charge is 2.20. The molecular weight excluding hydrogens is 234 g/mol. The number of aliphatic hydroxyl groups is 1. The van der Waals surface area contributed by atoms with Crippen molar-refractivity contribution in [3.63, 3.8) is 0 Å². The fourth-order valence-corrected chi connectivity index (χ4v) is 1.66. The van der Waals surface area contributed by atoms with Crippen molar-refractivity contribution in [2.75, 3.05) is 17.3 Å². The van der Waals surface area contributed by atoms with Crippen LogP contribution in [0.5, 0.6) is 0 Å². The quantitative estimate of drug-likeness (QED) is 0.380. The molecule has 2 aromatic heterocycles. The van der Waals surface area contributed by atoms with E-state index in [2.05, 4.69) is 30.9 Å². The molecule has 2 heterocycles. The van der Waals surface area contributed by atoms with Gasteiger partial charge in [0, 0.05) is 12.1 Å². The predicted octanol–water partition coefficient (Wildman–Crippen LogP) is 0.211. The number of hydrogen-bond acceptors (Lipinski definition) is 7. The molecule has 0 aliphatic heterocycles. The number of H-pyrrole nitrogens is 1. The first-order valence-electron chi connectivity index (χ1n) is 5.62. The minimum absolute atomic E-state index is 0.0988.